The molecule has 0 spiro atoms. The number of nitrogens with zero attached hydrogens (tertiary/aromatic N) is 2. The minimum atomic E-state index is -0.103. The number of β-amino-alcohol motifs (C(OH)–C–C–N with tert-alkyl or cyclic N) is 1. The molecule has 0 aromatic rings. The average molecular weight is 254 g/mol. The molecular formula is C15H30N2O. The van der Waals surface area contributed by atoms with E-state index in [1.807, 2.05) is 0 Å². The number of hydrogen-bond acceptors (Lipinski definition) is 3. The second-order valence-electron chi connectivity index (χ2n) is 6.28. The van der Waals surface area contributed by atoms with Crippen LogP contribution >= 0.6 is 0 Å². The third-order valence-corrected chi connectivity index (χ3v) is 4.80. The second kappa shape index (κ2) is 6.88. The Morgan fingerprint density at radius 3 is 2.56 bits per heavy atom. The summed E-state index contributed by atoms with van der Waals surface area (Å²) in [4.78, 5) is 4.98. The van der Waals surface area contributed by atoms with Crippen LogP contribution in [0.4, 0.5) is 0 Å². The normalized spacial score (nSPS) is 29.8. The largest absolute Gasteiger partial charge is 0.392 e. The number of likely N-dealkylation sites (N-methyl/N-ethyl adjacent to an activating group) is 1. The van der Waals surface area contributed by atoms with Crippen molar-refractivity contribution >= 4 is 0 Å². The number of aliphatic hydroxyl groups is 1. The molecule has 2 rings (SSSR count). The Kier molecular flexibility index (Phi) is 5.46. The van der Waals surface area contributed by atoms with Crippen LogP contribution in [0.2, 0.25) is 0 Å². The molecule has 2 aliphatic rings. The predicted molar refractivity (Wildman–Crippen MR) is 75.7 cm³/mol. The first-order valence-corrected chi connectivity index (χ1v) is 7.83. The first kappa shape index (κ1) is 14.3. The fraction of sp³-hybridized carbons (Fsp3) is 1.00. The van der Waals surface area contributed by atoms with Crippen LogP contribution in [-0.4, -0.2) is 59.8 Å². The van der Waals surface area contributed by atoms with Crippen LogP contribution in [0.1, 0.15) is 46.0 Å². The van der Waals surface area contributed by atoms with Crippen molar-refractivity contribution in [2.45, 2.75) is 58.1 Å². The van der Waals surface area contributed by atoms with Gasteiger partial charge >= 0.3 is 0 Å². The van der Waals surface area contributed by atoms with Crippen molar-refractivity contribution in [3.63, 3.8) is 0 Å². The third-order valence-electron chi connectivity index (χ3n) is 4.80. The van der Waals surface area contributed by atoms with E-state index in [4.69, 9.17) is 0 Å². The molecular weight excluding hydrogens is 224 g/mol. The van der Waals surface area contributed by atoms with Crippen molar-refractivity contribution < 1.29 is 5.11 Å². The van der Waals surface area contributed by atoms with Gasteiger partial charge in [-0.15, -0.1) is 0 Å². The smallest absolute Gasteiger partial charge is 0.0669 e. The fourth-order valence-electron chi connectivity index (χ4n) is 3.71. The van der Waals surface area contributed by atoms with E-state index in [1.54, 1.807) is 0 Å². The highest BCUT2D eigenvalue weighted by molar-refractivity contribution is 4.81. The van der Waals surface area contributed by atoms with Crippen LogP contribution in [0, 0.1) is 5.92 Å². The molecule has 1 heterocycles. The highest BCUT2D eigenvalue weighted by atomic mass is 16.3. The van der Waals surface area contributed by atoms with E-state index in [0.29, 0.717) is 6.04 Å². The van der Waals surface area contributed by atoms with E-state index < -0.39 is 0 Å². The molecule has 2 atom stereocenters. The van der Waals surface area contributed by atoms with Crippen LogP contribution in [0.3, 0.4) is 0 Å². The lowest BCUT2D eigenvalue weighted by atomic mass is 9.99. The van der Waals surface area contributed by atoms with Crippen LogP contribution in [0.15, 0.2) is 0 Å². The van der Waals surface area contributed by atoms with Gasteiger partial charge in [0.15, 0.2) is 0 Å². The van der Waals surface area contributed by atoms with E-state index >= 15 is 0 Å². The first-order chi connectivity index (χ1) is 8.69. The lowest BCUT2D eigenvalue weighted by molar-refractivity contribution is 0.0398. The maximum atomic E-state index is 10.2. The van der Waals surface area contributed by atoms with Crippen molar-refractivity contribution in [2.24, 2.45) is 5.92 Å². The predicted octanol–water partition coefficient (Wildman–Crippen LogP) is 1.95. The molecule has 1 N–H and O–H groups in total. The van der Waals surface area contributed by atoms with E-state index in [9.17, 15) is 5.11 Å². The molecule has 106 valence electrons. The highest BCUT2D eigenvalue weighted by Crippen LogP contribution is 2.28. The summed E-state index contributed by atoms with van der Waals surface area (Å²) in [6, 6.07) is 0.641. The van der Waals surface area contributed by atoms with Crippen molar-refractivity contribution in [3.8, 4) is 0 Å². The lowest BCUT2D eigenvalue weighted by Gasteiger charge is -2.40. The maximum Gasteiger partial charge on any atom is 0.0669 e. The Morgan fingerprint density at radius 1 is 1.22 bits per heavy atom. The molecule has 2 unspecified atom stereocenters. The highest BCUT2D eigenvalue weighted by Gasteiger charge is 2.25. The average Bonchev–Trinajstić information content (AvgIpc) is 2.82. The minimum absolute atomic E-state index is 0.103. The molecule has 18 heavy (non-hydrogen) atoms. The molecule has 1 aliphatic carbocycles. The number of rotatable bonds is 5. The molecule has 3 heteroatoms. The molecule has 0 bridgehead atoms. The third kappa shape index (κ3) is 3.94. The zero-order valence-electron chi connectivity index (χ0n) is 12.1. The quantitative estimate of drug-likeness (QED) is 0.812. The van der Waals surface area contributed by atoms with Gasteiger partial charge in [-0.1, -0.05) is 32.6 Å². The monoisotopic (exact) mass is 254 g/mol. The van der Waals surface area contributed by atoms with Gasteiger partial charge in [-0.2, -0.15) is 0 Å². The van der Waals surface area contributed by atoms with Crippen molar-refractivity contribution in [2.75, 3.05) is 32.7 Å². The fourth-order valence-corrected chi connectivity index (χ4v) is 3.71. The zero-order valence-corrected chi connectivity index (χ0v) is 12.1. The minimum Gasteiger partial charge on any atom is -0.392 e. The summed E-state index contributed by atoms with van der Waals surface area (Å²) < 4.78 is 0. The summed E-state index contributed by atoms with van der Waals surface area (Å²) in [7, 11) is 0. The van der Waals surface area contributed by atoms with Gasteiger partial charge in [0.05, 0.1) is 6.10 Å². The van der Waals surface area contributed by atoms with E-state index in [1.165, 1.54) is 25.7 Å². The Hall–Kier alpha value is -0.120. The molecule has 0 aromatic heterocycles. The van der Waals surface area contributed by atoms with Crippen LogP contribution < -0.4 is 0 Å². The Labute approximate surface area is 112 Å². The SMILES string of the molecule is CCN1CCN(CC(O)CC2CCCC2)CC1C. The van der Waals surface area contributed by atoms with Gasteiger partial charge < -0.3 is 5.11 Å². The molecule has 1 aliphatic heterocycles. The number of aliphatic hydroxyl groups excluding tert-OH is 1. The van der Waals surface area contributed by atoms with Gasteiger partial charge in [0.2, 0.25) is 0 Å². The standard InChI is InChI=1S/C15H30N2O/c1-3-17-9-8-16(11-13(17)2)12-15(18)10-14-6-4-5-7-14/h13-15,18H,3-12H2,1-2H3. The summed E-state index contributed by atoms with van der Waals surface area (Å²) >= 11 is 0. The Morgan fingerprint density at radius 2 is 1.94 bits per heavy atom. The Bertz CT molecular complexity index is 241. The topological polar surface area (TPSA) is 26.7 Å². The van der Waals surface area contributed by atoms with Gasteiger partial charge in [-0.25, -0.2) is 0 Å². The van der Waals surface area contributed by atoms with E-state index in [0.717, 1.165) is 45.1 Å². The first-order valence-electron chi connectivity index (χ1n) is 7.83. The van der Waals surface area contributed by atoms with Gasteiger partial charge in [-0.05, 0) is 25.8 Å². The van der Waals surface area contributed by atoms with Gasteiger partial charge in [0.1, 0.15) is 0 Å². The van der Waals surface area contributed by atoms with Crippen LogP contribution in [0.5, 0.6) is 0 Å². The molecule has 0 aromatic carbocycles. The molecule has 0 radical (unpaired) electrons. The van der Waals surface area contributed by atoms with Gasteiger partial charge in [0, 0.05) is 32.2 Å². The summed E-state index contributed by atoms with van der Waals surface area (Å²) in [5, 5.41) is 10.2. The lowest BCUT2D eigenvalue weighted by Crippen LogP contribution is -2.53. The van der Waals surface area contributed by atoms with E-state index in [2.05, 4.69) is 23.6 Å². The van der Waals surface area contributed by atoms with E-state index in [-0.39, 0.29) is 6.10 Å². The van der Waals surface area contributed by atoms with Gasteiger partial charge in [0.25, 0.3) is 0 Å². The van der Waals surface area contributed by atoms with Crippen LogP contribution in [-0.2, 0) is 0 Å². The maximum absolute atomic E-state index is 10.2. The van der Waals surface area contributed by atoms with Gasteiger partial charge in [-0.3, -0.25) is 9.80 Å². The molecule has 1 saturated heterocycles. The summed E-state index contributed by atoms with van der Waals surface area (Å²) in [6.45, 7) is 9.99. The van der Waals surface area contributed by atoms with Crippen LogP contribution in [0.25, 0.3) is 0 Å². The number of piperazine rings is 1. The summed E-state index contributed by atoms with van der Waals surface area (Å²) in [5.74, 6) is 0.800. The van der Waals surface area contributed by atoms with Crippen molar-refractivity contribution in [3.05, 3.63) is 0 Å². The molecule has 2 fully saturated rings. The second-order valence-corrected chi connectivity index (χ2v) is 6.28. The molecule has 1 saturated carbocycles. The molecule has 3 nitrogen and oxygen atoms in total. The molecule has 0 amide bonds. The summed E-state index contributed by atoms with van der Waals surface area (Å²) in [6.07, 6.45) is 6.37. The number of hydrogen-bond donors (Lipinski definition) is 1. The zero-order chi connectivity index (χ0) is 13.0. The van der Waals surface area contributed by atoms with Crippen molar-refractivity contribution in [1.29, 1.82) is 0 Å². The summed E-state index contributed by atoms with van der Waals surface area (Å²) in [5.41, 5.74) is 0. The van der Waals surface area contributed by atoms with Crippen molar-refractivity contribution in [1.82, 2.24) is 9.80 Å². The Balaban J connectivity index is 1.69.